The fourth-order valence-corrected chi connectivity index (χ4v) is 10.6. The van der Waals surface area contributed by atoms with Gasteiger partial charge in [-0.25, -0.2) is 0 Å². The van der Waals surface area contributed by atoms with Crippen LogP contribution in [0.2, 0.25) is 0 Å². The summed E-state index contributed by atoms with van der Waals surface area (Å²) < 4.78 is 34.3. The lowest BCUT2D eigenvalue weighted by atomic mass is 9.96. The number of amides is 1. The van der Waals surface area contributed by atoms with Crippen molar-refractivity contribution in [3.63, 3.8) is 0 Å². The van der Waals surface area contributed by atoms with Gasteiger partial charge in [-0.3, -0.25) is 4.79 Å². The van der Waals surface area contributed by atoms with Gasteiger partial charge in [0.25, 0.3) is 0 Å². The molecule has 17 atom stereocenters. The highest BCUT2D eigenvalue weighted by Gasteiger charge is 2.53. The molecule has 3 aliphatic rings. The van der Waals surface area contributed by atoms with Gasteiger partial charge in [0.1, 0.15) is 73.2 Å². The van der Waals surface area contributed by atoms with Crippen LogP contribution in [0, 0.1) is 0 Å². The van der Waals surface area contributed by atoms with Crippen LogP contribution in [-0.4, -0.2) is 193 Å². The second kappa shape index (κ2) is 46.0. The third kappa shape index (κ3) is 29.0. The Kier molecular flexibility index (Phi) is 41.5. The SMILES string of the molecule is CCCCCC/C=C\C/C=C\CCCCCCCCCC(=O)NC(COC1OC(CO)C(OC2OC(CO)C(OC3OC(CO)C(O)C(O)C3O)C(O)C2O)C(O)C1O)C(O)/C=C/CC/C=C/CCCCCCCCCCCCCCC. The summed E-state index contributed by atoms with van der Waals surface area (Å²) in [6.45, 7) is 1.68. The second-order valence-corrected chi connectivity index (χ2v) is 22.9. The van der Waals surface area contributed by atoms with Crippen LogP contribution < -0.4 is 5.32 Å². The Balaban J connectivity index is 1.50. The lowest BCUT2D eigenvalue weighted by Crippen LogP contribution is -2.66. The number of aliphatic hydroxyl groups is 11. The van der Waals surface area contributed by atoms with Gasteiger partial charge < -0.3 is 89.9 Å². The molecular weight excluding hydrogens is 1060 g/mol. The smallest absolute Gasteiger partial charge is 0.220 e. The van der Waals surface area contributed by atoms with Gasteiger partial charge in [-0.2, -0.15) is 0 Å². The van der Waals surface area contributed by atoms with E-state index in [1.807, 2.05) is 6.08 Å². The number of allylic oxidation sites excluding steroid dienone is 7. The molecule has 0 bridgehead atoms. The average molecular weight is 1170 g/mol. The number of rotatable bonds is 47. The molecule has 1 amide bonds. The predicted octanol–water partition coefficient (Wildman–Crippen LogP) is 6.65. The summed E-state index contributed by atoms with van der Waals surface area (Å²) in [6, 6.07) is -0.995. The van der Waals surface area contributed by atoms with Crippen LogP contribution in [0.4, 0.5) is 0 Å². The van der Waals surface area contributed by atoms with Crippen LogP contribution in [0.15, 0.2) is 48.6 Å². The van der Waals surface area contributed by atoms with Crippen molar-refractivity contribution in [3.8, 4) is 0 Å². The number of ether oxygens (including phenoxy) is 6. The molecule has 3 saturated heterocycles. The first-order valence-electron chi connectivity index (χ1n) is 31.9. The summed E-state index contributed by atoms with van der Waals surface area (Å²) in [4.78, 5) is 13.3. The molecule has 19 heteroatoms. The van der Waals surface area contributed by atoms with Crippen molar-refractivity contribution in [2.24, 2.45) is 0 Å². The summed E-state index contributed by atoms with van der Waals surface area (Å²) in [5.74, 6) is -0.294. The van der Waals surface area contributed by atoms with Crippen molar-refractivity contribution in [1.82, 2.24) is 5.32 Å². The van der Waals surface area contributed by atoms with Gasteiger partial charge in [0, 0.05) is 6.42 Å². The molecule has 3 fully saturated rings. The summed E-state index contributed by atoms with van der Waals surface area (Å²) in [6.07, 6.45) is 25.1. The van der Waals surface area contributed by atoms with Crippen LogP contribution in [0.1, 0.15) is 213 Å². The Hall–Kier alpha value is -2.25. The fourth-order valence-electron chi connectivity index (χ4n) is 10.6. The summed E-state index contributed by atoms with van der Waals surface area (Å²) in [7, 11) is 0. The zero-order valence-electron chi connectivity index (χ0n) is 50.0. The summed E-state index contributed by atoms with van der Waals surface area (Å²) in [5.41, 5.74) is 0. The van der Waals surface area contributed by atoms with Crippen LogP contribution in [-0.2, 0) is 33.2 Å². The minimum atomic E-state index is -1.98. The standard InChI is InChI=1S/C63H113NO18/c1-3-5-7-9-11-13-15-17-19-21-23-24-26-28-30-32-34-36-38-40-47(68)46(64-51(69)41-39-37-35-33-31-29-27-25-22-20-18-16-14-12-10-8-6-4-2)45-77-61-57(75)54(72)59(49(43-66)79-61)82-63-58(76)55(73)60(50(44-67)80-63)81-62-56(74)53(71)52(70)48(42-65)78-62/h14,16,20,22,30,32,38,40,46-50,52-63,65-68,70-76H,3-13,15,17-19,21,23-29,31,33-37,39,41-45H2,1-2H3,(H,64,69)/b16-14-,22-20-,32-30+,40-38+. The molecule has 3 rings (SSSR count). The number of hydrogen-bond donors (Lipinski definition) is 12. The van der Waals surface area contributed by atoms with Gasteiger partial charge in [-0.1, -0.05) is 191 Å². The normalized spacial score (nSPS) is 29.9. The highest BCUT2D eigenvalue weighted by atomic mass is 16.8. The van der Waals surface area contributed by atoms with Crippen LogP contribution in [0.25, 0.3) is 0 Å². The second-order valence-electron chi connectivity index (χ2n) is 22.9. The van der Waals surface area contributed by atoms with Crippen molar-refractivity contribution in [1.29, 1.82) is 0 Å². The molecule has 19 nitrogen and oxygen atoms in total. The molecule has 0 saturated carbocycles. The fraction of sp³-hybridized carbons (Fsp3) is 0.857. The van der Waals surface area contributed by atoms with Crippen LogP contribution >= 0.6 is 0 Å². The van der Waals surface area contributed by atoms with E-state index in [0.717, 1.165) is 77.0 Å². The van der Waals surface area contributed by atoms with Crippen LogP contribution in [0.5, 0.6) is 0 Å². The van der Waals surface area contributed by atoms with E-state index in [4.69, 9.17) is 28.4 Å². The molecule has 478 valence electrons. The van der Waals surface area contributed by atoms with E-state index in [9.17, 15) is 61.0 Å². The first-order valence-corrected chi connectivity index (χ1v) is 31.9. The van der Waals surface area contributed by atoms with Crippen molar-refractivity contribution in [3.05, 3.63) is 48.6 Å². The Bertz CT molecular complexity index is 1680. The van der Waals surface area contributed by atoms with E-state index >= 15 is 0 Å². The first-order chi connectivity index (χ1) is 39.8. The number of nitrogens with one attached hydrogen (secondary N) is 1. The van der Waals surface area contributed by atoms with Crippen molar-refractivity contribution >= 4 is 5.91 Å². The van der Waals surface area contributed by atoms with E-state index < -0.39 is 124 Å². The highest BCUT2D eigenvalue weighted by molar-refractivity contribution is 5.76. The number of carbonyl (C=O) groups is 1. The average Bonchev–Trinajstić information content (AvgIpc) is 3.43. The van der Waals surface area contributed by atoms with Gasteiger partial charge in [0.05, 0.1) is 38.6 Å². The van der Waals surface area contributed by atoms with E-state index in [1.54, 1.807) is 6.08 Å². The van der Waals surface area contributed by atoms with Gasteiger partial charge in [-0.15, -0.1) is 0 Å². The molecule has 0 aromatic carbocycles. The van der Waals surface area contributed by atoms with Crippen LogP contribution in [0.3, 0.4) is 0 Å². The number of unbranched alkanes of at least 4 members (excludes halogenated alkanes) is 25. The maximum Gasteiger partial charge on any atom is 0.220 e. The largest absolute Gasteiger partial charge is 0.394 e. The molecule has 0 aromatic heterocycles. The van der Waals surface area contributed by atoms with E-state index in [2.05, 4.69) is 55.6 Å². The topological polar surface area (TPSA) is 307 Å². The number of carbonyl (C=O) groups excluding carboxylic acids is 1. The minimum Gasteiger partial charge on any atom is -0.394 e. The zero-order valence-corrected chi connectivity index (χ0v) is 50.0. The Morgan fingerprint density at radius 3 is 1.30 bits per heavy atom. The van der Waals surface area contributed by atoms with Crippen molar-refractivity contribution < 1.29 is 89.4 Å². The first kappa shape index (κ1) is 74.0. The molecule has 3 heterocycles. The zero-order chi connectivity index (χ0) is 59.7. The molecule has 12 N–H and O–H groups in total. The molecule has 0 radical (unpaired) electrons. The summed E-state index contributed by atoms with van der Waals surface area (Å²) in [5, 5.41) is 120. The van der Waals surface area contributed by atoms with E-state index in [0.29, 0.717) is 12.8 Å². The number of aliphatic hydroxyl groups excluding tert-OH is 11. The monoisotopic (exact) mass is 1170 g/mol. The van der Waals surface area contributed by atoms with Gasteiger partial charge >= 0.3 is 0 Å². The molecule has 0 aromatic rings. The maximum atomic E-state index is 13.3. The number of hydrogen-bond acceptors (Lipinski definition) is 18. The quantitative estimate of drug-likeness (QED) is 0.0224. The van der Waals surface area contributed by atoms with E-state index in [1.165, 1.54) is 103 Å². The maximum absolute atomic E-state index is 13.3. The van der Waals surface area contributed by atoms with Crippen molar-refractivity contribution in [2.45, 2.75) is 317 Å². The Labute approximate surface area is 491 Å². The third-order valence-electron chi connectivity index (χ3n) is 15.8. The highest BCUT2D eigenvalue weighted by Crippen LogP contribution is 2.33. The van der Waals surface area contributed by atoms with Crippen molar-refractivity contribution in [2.75, 3.05) is 26.4 Å². The molecule has 3 aliphatic heterocycles. The van der Waals surface area contributed by atoms with E-state index in [-0.39, 0.29) is 18.9 Å². The molecule has 0 aliphatic carbocycles. The Morgan fingerprint density at radius 2 is 0.817 bits per heavy atom. The van der Waals surface area contributed by atoms with Gasteiger partial charge in [0.15, 0.2) is 18.9 Å². The molecular formula is C63H113NO18. The molecule has 0 spiro atoms. The lowest BCUT2D eigenvalue weighted by Gasteiger charge is -2.48. The van der Waals surface area contributed by atoms with Gasteiger partial charge in [-0.05, 0) is 64.2 Å². The Morgan fingerprint density at radius 1 is 0.439 bits per heavy atom. The van der Waals surface area contributed by atoms with Gasteiger partial charge in [0.2, 0.25) is 5.91 Å². The summed E-state index contributed by atoms with van der Waals surface area (Å²) >= 11 is 0. The molecule has 82 heavy (non-hydrogen) atoms. The molecule has 17 unspecified atom stereocenters. The third-order valence-corrected chi connectivity index (χ3v) is 15.8. The predicted molar refractivity (Wildman–Crippen MR) is 314 cm³/mol. The minimum absolute atomic E-state index is 0.226. The lowest BCUT2D eigenvalue weighted by molar-refractivity contribution is -0.379.